The molecule has 0 aliphatic carbocycles. The third-order valence-electron chi connectivity index (χ3n) is 2.48. The van der Waals surface area contributed by atoms with Crippen molar-refractivity contribution in [1.29, 1.82) is 0 Å². The third kappa shape index (κ3) is 4.23. The second-order valence-corrected chi connectivity index (χ2v) is 3.67. The van der Waals surface area contributed by atoms with E-state index in [0.29, 0.717) is 31.1 Å². The SMILES string of the molecule is COCCOCC(NN)c1cc(F)ccc1OC. The Hall–Kier alpha value is -1.21. The van der Waals surface area contributed by atoms with E-state index in [1.165, 1.54) is 19.2 Å². The van der Waals surface area contributed by atoms with E-state index in [1.54, 1.807) is 13.2 Å². The predicted molar refractivity (Wildman–Crippen MR) is 65.7 cm³/mol. The lowest BCUT2D eigenvalue weighted by Crippen LogP contribution is -2.32. The van der Waals surface area contributed by atoms with Gasteiger partial charge in [0.15, 0.2) is 0 Å². The highest BCUT2D eigenvalue weighted by Gasteiger charge is 2.16. The van der Waals surface area contributed by atoms with E-state index in [9.17, 15) is 4.39 Å². The summed E-state index contributed by atoms with van der Waals surface area (Å²) in [7, 11) is 3.12. The molecular weight excluding hydrogens is 239 g/mol. The summed E-state index contributed by atoms with van der Waals surface area (Å²) in [5.74, 6) is 5.67. The van der Waals surface area contributed by atoms with Gasteiger partial charge in [-0.3, -0.25) is 11.3 Å². The molecule has 102 valence electrons. The van der Waals surface area contributed by atoms with E-state index >= 15 is 0 Å². The molecule has 0 heterocycles. The van der Waals surface area contributed by atoms with E-state index < -0.39 is 0 Å². The van der Waals surface area contributed by atoms with Crippen LogP contribution in [-0.2, 0) is 9.47 Å². The zero-order valence-electron chi connectivity index (χ0n) is 10.6. The van der Waals surface area contributed by atoms with E-state index in [2.05, 4.69) is 5.43 Å². The number of nitrogens with two attached hydrogens (primary N) is 1. The lowest BCUT2D eigenvalue weighted by Gasteiger charge is -2.19. The Labute approximate surface area is 106 Å². The summed E-state index contributed by atoms with van der Waals surface area (Å²) >= 11 is 0. The lowest BCUT2D eigenvalue weighted by molar-refractivity contribution is 0.0582. The topological polar surface area (TPSA) is 65.7 Å². The number of hydrazine groups is 1. The van der Waals surface area contributed by atoms with Gasteiger partial charge in [-0.2, -0.15) is 0 Å². The van der Waals surface area contributed by atoms with Crippen LogP contribution in [0.2, 0.25) is 0 Å². The second kappa shape index (κ2) is 7.99. The summed E-state index contributed by atoms with van der Waals surface area (Å²) in [5.41, 5.74) is 3.21. The summed E-state index contributed by atoms with van der Waals surface area (Å²) in [6.07, 6.45) is 0. The first-order valence-electron chi connectivity index (χ1n) is 5.59. The van der Waals surface area contributed by atoms with Crippen molar-refractivity contribution in [3.05, 3.63) is 29.6 Å². The largest absolute Gasteiger partial charge is 0.496 e. The lowest BCUT2D eigenvalue weighted by atomic mass is 10.1. The van der Waals surface area contributed by atoms with Crippen molar-refractivity contribution in [3.63, 3.8) is 0 Å². The van der Waals surface area contributed by atoms with Crippen LogP contribution in [0.1, 0.15) is 11.6 Å². The molecule has 0 amide bonds. The number of rotatable bonds is 8. The summed E-state index contributed by atoms with van der Waals surface area (Å²) in [6, 6.07) is 3.93. The van der Waals surface area contributed by atoms with Crippen LogP contribution < -0.4 is 16.0 Å². The average molecular weight is 258 g/mol. The van der Waals surface area contributed by atoms with Gasteiger partial charge in [-0.15, -0.1) is 0 Å². The van der Waals surface area contributed by atoms with Gasteiger partial charge in [0.2, 0.25) is 0 Å². The molecule has 1 aromatic rings. The normalized spacial score (nSPS) is 12.4. The highest BCUT2D eigenvalue weighted by molar-refractivity contribution is 5.36. The van der Waals surface area contributed by atoms with Crippen molar-refractivity contribution in [2.45, 2.75) is 6.04 Å². The molecule has 0 fully saturated rings. The van der Waals surface area contributed by atoms with E-state index in [1.807, 2.05) is 0 Å². The van der Waals surface area contributed by atoms with Crippen LogP contribution in [0.25, 0.3) is 0 Å². The molecule has 0 saturated carbocycles. The summed E-state index contributed by atoms with van der Waals surface area (Å²) < 4.78 is 28.6. The van der Waals surface area contributed by atoms with Gasteiger partial charge in [0.25, 0.3) is 0 Å². The standard InChI is InChI=1S/C12H19FN2O3/c1-16-5-6-18-8-11(15-14)10-7-9(13)3-4-12(10)17-2/h3-4,7,11,15H,5-6,8,14H2,1-2H3. The number of ether oxygens (including phenoxy) is 3. The van der Waals surface area contributed by atoms with Crippen molar-refractivity contribution < 1.29 is 18.6 Å². The number of nitrogens with one attached hydrogen (secondary N) is 1. The average Bonchev–Trinajstić information content (AvgIpc) is 2.39. The Morgan fingerprint density at radius 3 is 2.72 bits per heavy atom. The molecule has 1 unspecified atom stereocenters. The number of benzene rings is 1. The number of hydrogen-bond acceptors (Lipinski definition) is 5. The molecule has 0 aliphatic rings. The highest BCUT2D eigenvalue weighted by atomic mass is 19.1. The van der Waals surface area contributed by atoms with Gasteiger partial charge in [0, 0.05) is 12.7 Å². The van der Waals surface area contributed by atoms with Gasteiger partial charge < -0.3 is 14.2 Å². The Morgan fingerprint density at radius 1 is 1.33 bits per heavy atom. The second-order valence-electron chi connectivity index (χ2n) is 3.67. The minimum absolute atomic E-state index is 0.305. The zero-order chi connectivity index (χ0) is 13.4. The third-order valence-corrected chi connectivity index (χ3v) is 2.48. The van der Waals surface area contributed by atoms with E-state index in [4.69, 9.17) is 20.1 Å². The Balaban J connectivity index is 2.71. The van der Waals surface area contributed by atoms with Crippen LogP contribution in [0.4, 0.5) is 4.39 Å². The van der Waals surface area contributed by atoms with Crippen LogP contribution in [0.5, 0.6) is 5.75 Å². The minimum Gasteiger partial charge on any atom is -0.496 e. The Bertz CT molecular complexity index is 363. The smallest absolute Gasteiger partial charge is 0.123 e. The summed E-state index contributed by atoms with van der Waals surface area (Å²) in [5, 5.41) is 0. The van der Waals surface area contributed by atoms with Gasteiger partial charge >= 0.3 is 0 Å². The number of halogens is 1. The minimum atomic E-state index is -0.344. The maximum atomic E-state index is 13.2. The molecule has 0 saturated heterocycles. The maximum absolute atomic E-state index is 13.2. The molecular formula is C12H19FN2O3. The van der Waals surface area contributed by atoms with Crippen LogP contribution in [0.3, 0.4) is 0 Å². The molecule has 18 heavy (non-hydrogen) atoms. The van der Waals surface area contributed by atoms with Gasteiger partial charge in [-0.1, -0.05) is 0 Å². The molecule has 1 aromatic carbocycles. The van der Waals surface area contributed by atoms with Crippen molar-refractivity contribution in [1.82, 2.24) is 5.43 Å². The number of hydrogen-bond donors (Lipinski definition) is 2. The Kier molecular flexibility index (Phi) is 6.59. The molecule has 0 spiro atoms. The van der Waals surface area contributed by atoms with Crippen LogP contribution in [0.15, 0.2) is 18.2 Å². The Morgan fingerprint density at radius 2 is 2.11 bits per heavy atom. The van der Waals surface area contributed by atoms with Crippen LogP contribution in [0, 0.1) is 5.82 Å². The molecule has 5 nitrogen and oxygen atoms in total. The van der Waals surface area contributed by atoms with Crippen molar-refractivity contribution in [3.8, 4) is 5.75 Å². The molecule has 0 aromatic heterocycles. The molecule has 6 heteroatoms. The first-order valence-corrected chi connectivity index (χ1v) is 5.59. The predicted octanol–water partition coefficient (Wildman–Crippen LogP) is 1.00. The van der Waals surface area contributed by atoms with Crippen molar-refractivity contribution in [2.75, 3.05) is 34.0 Å². The van der Waals surface area contributed by atoms with Crippen molar-refractivity contribution >= 4 is 0 Å². The van der Waals surface area contributed by atoms with Crippen molar-refractivity contribution in [2.24, 2.45) is 5.84 Å². The molecule has 1 atom stereocenters. The zero-order valence-corrected chi connectivity index (χ0v) is 10.6. The molecule has 0 radical (unpaired) electrons. The van der Waals surface area contributed by atoms with Gasteiger partial charge in [-0.25, -0.2) is 4.39 Å². The fraction of sp³-hybridized carbons (Fsp3) is 0.500. The van der Waals surface area contributed by atoms with E-state index in [0.717, 1.165) is 0 Å². The van der Waals surface area contributed by atoms with Gasteiger partial charge in [-0.05, 0) is 18.2 Å². The summed E-state index contributed by atoms with van der Waals surface area (Å²) in [6.45, 7) is 1.25. The maximum Gasteiger partial charge on any atom is 0.123 e. The molecule has 0 bridgehead atoms. The first-order chi connectivity index (χ1) is 8.72. The number of methoxy groups -OCH3 is 2. The van der Waals surface area contributed by atoms with Gasteiger partial charge in [0.05, 0.1) is 33.0 Å². The fourth-order valence-corrected chi connectivity index (χ4v) is 1.55. The first kappa shape index (κ1) is 14.8. The summed E-state index contributed by atoms with van der Waals surface area (Å²) in [4.78, 5) is 0. The monoisotopic (exact) mass is 258 g/mol. The highest BCUT2D eigenvalue weighted by Crippen LogP contribution is 2.25. The molecule has 1 rings (SSSR count). The van der Waals surface area contributed by atoms with Crippen LogP contribution in [-0.4, -0.2) is 34.0 Å². The van der Waals surface area contributed by atoms with Gasteiger partial charge in [0.1, 0.15) is 11.6 Å². The quantitative estimate of drug-likeness (QED) is 0.414. The van der Waals surface area contributed by atoms with E-state index in [-0.39, 0.29) is 11.9 Å². The molecule has 3 N–H and O–H groups in total. The fourth-order valence-electron chi connectivity index (χ4n) is 1.55. The van der Waals surface area contributed by atoms with Crippen LogP contribution >= 0.6 is 0 Å². The molecule has 0 aliphatic heterocycles.